The predicted octanol–water partition coefficient (Wildman–Crippen LogP) is 3.45. The number of aliphatic hydroxyl groups is 1. The Bertz CT molecular complexity index is 136. The van der Waals surface area contributed by atoms with Gasteiger partial charge in [-0.2, -0.15) is 0 Å². The van der Waals surface area contributed by atoms with Crippen LogP contribution in [0.15, 0.2) is 24.3 Å². The Kier molecular flexibility index (Phi) is 10.9. The first-order valence-electron chi connectivity index (χ1n) is 5.34. The summed E-state index contributed by atoms with van der Waals surface area (Å²) in [5, 5.41) is 8.53. The molecule has 0 aliphatic carbocycles. The predicted molar refractivity (Wildman–Crippen MR) is 58.7 cm³/mol. The maximum Gasteiger partial charge on any atom is 0.0431 e. The standard InChI is InChI=1S/C12H22O/c1-2-3-4-5-6-7-8-9-10-11-12-13/h5-8,13H,2-4,9-12H2,1H3/b6-5-,8-7-. The van der Waals surface area contributed by atoms with Crippen molar-refractivity contribution < 1.29 is 5.11 Å². The zero-order valence-electron chi connectivity index (χ0n) is 8.71. The van der Waals surface area contributed by atoms with Crippen molar-refractivity contribution in [2.75, 3.05) is 6.61 Å². The Morgan fingerprint density at radius 2 is 1.54 bits per heavy atom. The molecule has 0 aliphatic rings. The highest BCUT2D eigenvalue weighted by atomic mass is 16.2. The van der Waals surface area contributed by atoms with E-state index in [0.29, 0.717) is 6.61 Å². The van der Waals surface area contributed by atoms with Gasteiger partial charge >= 0.3 is 0 Å². The lowest BCUT2D eigenvalue weighted by Crippen LogP contribution is -1.79. The van der Waals surface area contributed by atoms with Gasteiger partial charge in [0.05, 0.1) is 0 Å². The van der Waals surface area contributed by atoms with E-state index in [-0.39, 0.29) is 0 Å². The van der Waals surface area contributed by atoms with Gasteiger partial charge in [-0.25, -0.2) is 0 Å². The molecule has 1 heteroatoms. The highest BCUT2D eigenvalue weighted by Crippen LogP contribution is 1.97. The van der Waals surface area contributed by atoms with Crippen molar-refractivity contribution in [2.24, 2.45) is 0 Å². The maximum absolute atomic E-state index is 8.53. The molecule has 1 nitrogen and oxygen atoms in total. The first-order valence-corrected chi connectivity index (χ1v) is 5.34. The molecule has 76 valence electrons. The van der Waals surface area contributed by atoms with E-state index in [1.807, 2.05) is 0 Å². The molecule has 0 radical (unpaired) electrons. The molecule has 0 atom stereocenters. The molecule has 13 heavy (non-hydrogen) atoms. The Morgan fingerprint density at radius 3 is 2.08 bits per heavy atom. The molecule has 0 rings (SSSR count). The molecule has 0 spiro atoms. The number of rotatable bonds is 8. The summed E-state index contributed by atoms with van der Waals surface area (Å²) in [6.45, 7) is 2.53. The molecule has 0 unspecified atom stereocenters. The first-order chi connectivity index (χ1) is 6.41. The Morgan fingerprint density at radius 1 is 0.923 bits per heavy atom. The van der Waals surface area contributed by atoms with Crippen LogP contribution in [0.5, 0.6) is 0 Å². The summed E-state index contributed by atoms with van der Waals surface area (Å²) in [5.74, 6) is 0. The minimum atomic E-state index is 0.320. The second-order valence-electron chi connectivity index (χ2n) is 3.22. The molecule has 0 aromatic rings. The van der Waals surface area contributed by atoms with Crippen molar-refractivity contribution >= 4 is 0 Å². The van der Waals surface area contributed by atoms with Gasteiger partial charge < -0.3 is 5.11 Å². The van der Waals surface area contributed by atoms with Crippen molar-refractivity contribution in [2.45, 2.75) is 45.4 Å². The van der Waals surface area contributed by atoms with Crippen LogP contribution in [0.1, 0.15) is 45.4 Å². The normalized spacial score (nSPS) is 11.8. The highest BCUT2D eigenvalue weighted by Gasteiger charge is 1.80. The number of unbranched alkanes of at least 4 members (excludes halogenated alkanes) is 4. The molecule has 0 heterocycles. The molecule has 0 saturated carbocycles. The van der Waals surface area contributed by atoms with Crippen molar-refractivity contribution in [3.05, 3.63) is 24.3 Å². The zero-order valence-corrected chi connectivity index (χ0v) is 8.71. The van der Waals surface area contributed by atoms with E-state index in [2.05, 4.69) is 31.2 Å². The molecular formula is C12H22O. The lowest BCUT2D eigenvalue weighted by molar-refractivity contribution is 0.285. The second kappa shape index (κ2) is 11.4. The van der Waals surface area contributed by atoms with Crippen molar-refractivity contribution in [3.63, 3.8) is 0 Å². The van der Waals surface area contributed by atoms with Gasteiger partial charge in [0, 0.05) is 6.61 Å². The summed E-state index contributed by atoms with van der Waals surface area (Å²) < 4.78 is 0. The van der Waals surface area contributed by atoms with E-state index in [1.165, 1.54) is 19.3 Å². The van der Waals surface area contributed by atoms with Crippen molar-refractivity contribution in [1.29, 1.82) is 0 Å². The van der Waals surface area contributed by atoms with E-state index in [9.17, 15) is 0 Å². The van der Waals surface area contributed by atoms with Gasteiger partial charge in [0.1, 0.15) is 0 Å². The number of allylic oxidation sites excluding steroid dienone is 4. The topological polar surface area (TPSA) is 20.2 Å². The monoisotopic (exact) mass is 182 g/mol. The minimum absolute atomic E-state index is 0.320. The van der Waals surface area contributed by atoms with Gasteiger partial charge in [-0.3, -0.25) is 0 Å². The number of hydrogen-bond donors (Lipinski definition) is 1. The van der Waals surface area contributed by atoms with Gasteiger partial charge in [-0.1, -0.05) is 44.1 Å². The van der Waals surface area contributed by atoms with Crippen LogP contribution in [0.2, 0.25) is 0 Å². The summed E-state index contributed by atoms with van der Waals surface area (Å²) >= 11 is 0. The summed E-state index contributed by atoms with van der Waals surface area (Å²) in [4.78, 5) is 0. The summed E-state index contributed by atoms with van der Waals surface area (Å²) in [7, 11) is 0. The molecule has 0 aromatic heterocycles. The van der Waals surface area contributed by atoms with Crippen molar-refractivity contribution in [3.8, 4) is 0 Å². The third-order valence-corrected chi connectivity index (χ3v) is 1.89. The van der Waals surface area contributed by atoms with Crippen LogP contribution in [0, 0.1) is 0 Å². The molecule has 0 aliphatic heterocycles. The third kappa shape index (κ3) is 11.4. The van der Waals surface area contributed by atoms with Crippen LogP contribution in [-0.2, 0) is 0 Å². The molecule has 0 bridgehead atoms. The Balaban J connectivity index is 3.15. The third-order valence-electron chi connectivity index (χ3n) is 1.89. The maximum atomic E-state index is 8.53. The summed E-state index contributed by atoms with van der Waals surface area (Å²) in [6, 6.07) is 0. The van der Waals surface area contributed by atoms with E-state index in [4.69, 9.17) is 5.11 Å². The summed E-state index contributed by atoms with van der Waals surface area (Å²) in [6.07, 6.45) is 15.4. The molecule has 0 fully saturated rings. The lowest BCUT2D eigenvalue weighted by Gasteiger charge is -1.89. The average molecular weight is 182 g/mol. The zero-order chi connectivity index (χ0) is 9.78. The van der Waals surface area contributed by atoms with Crippen LogP contribution >= 0.6 is 0 Å². The largest absolute Gasteiger partial charge is 0.396 e. The highest BCUT2D eigenvalue weighted by molar-refractivity contribution is 5.02. The lowest BCUT2D eigenvalue weighted by atomic mass is 10.2. The van der Waals surface area contributed by atoms with Crippen LogP contribution in [0.4, 0.5) is 0 Å². The van der Waals surface area contributed by atoms with Crippen LogP contribution < -0.4 is 0 Å². The number of aliphatic hydroxyl groups excluding tert-OH is 1. The minimum Gasteiger partial charge on any atom is -0.396 e. The summed E-state index contributed by atoms with van der Waals surface area (Å²) in [5.41, 5.74) is 0. The SMILES string of the molecule is CCCC/C=C\C=C/CCCCO. The Labute approximate surface area is 82.2 Å². The van der Waals surface area contributed by atoms with Crippen LogP contribution in [0.3, 0.4) is 0 Å². The molecule has 0 amide bonds. The van der Waals surface area contributed by atoms with Crippen LogP contribution in [0.25, 0.3) is 0 Å². The van der Waals surface area contributed by atoms with Crippen molar-refractivity contribution in [1.82, 2.24) is 0 Å². The van der Waals surface area contributed by atoms with Gasteiger partial charge in [-0.05, 0) is 25.7 Å². The van der Waals surface area contributed by atoms with E-state index in [1.54, 1.807) is 0 Å². The van der Waals surface area contributed by atoms with E-state index in [0.717, 1.165) is 19.3 Å². The fourth-order valence-corrected chi connectivity index (χ4v) is 1.05. The fraction of sp³-hybridized carbons (Fsp3) is 0.667. The molecule has 0 aromatic carbocycles. The van der Waals surface area contributed by atoms with E-state index >= 15 is 0 Å². The first kappa shape index (κ1) is 12.4. The van der Waals surface area contributed by atoms with Gasteiger partial charge in [0.25, 0.3) is 0 Å². The van der Waals surface area contributed by atoms with Gasteiger partial charge in [0.15, 0.2) is 0 Å². The molecular weight excluding hydrogens is 160 g/mol. The second-order valence-corrected chi connectivity index (χ2v) is 3.22. The molecule has 0 saturated heterocycles. The average Bonchev–Trinajstić information content (AvgIpc) is 2.16. The van der Waals surface area contributed by atoms with E-state index < -0.39 is 0 Å². The smallest absolute Gasteiger partial charge is 0.0431 e. The fourth-order valence-electron chi connectivity index (χ4n) is 1.05. The molecule has 1 N–H and O–H groups in total. The quantitative estimate of drug-likeness (QED) is 0.450. The number of hydrogen-bond acceptors (Lipinski definition) is 1. The van der Waals surface area contributed by atoms with Gasteiger partial charge in [0.2, 0.25) is 0 Å². The Hall–Kier alpha value is -0.560. The van der Waals surface area contributed by atoms with Crippen LogP contribution in [-0.4, -0.2) is 11.7 Å². The van der Waals surface area contributed by atoms with Gasteiger partial charge in [-0.15, -0.1) is 0 Å².